The molecule has 0 atom stereocenters. The number of imidazole rings is 1. The van der Waals surface area contributed by atoms with E-state index in [4.69, 9.17) is 5.73 Å². The van der Waals surface area contributed by atoms with Gasteiger partial charge in [-0.05, 0) is 62.1 Å². The Labute approximate surface area is 198 Å². The fourth-order valence-corrected chi connectivity index (χ4v) is 4.60. The van der Waals surface area contributed by atoms with Gasteiger partial charge in [-0.25, -0.2) is 9.97 Å². The number of nitrogens with zero attached hydrogens (tertiary/aromatic N) is 2. The number of hydrogen-bond acceptors (Lipinski definition) is 6. The van der Waals surface area contributed by atoms with Crippen molar-refractivity contribution in [2.24, 2.45) is 5.73 Å². The van der Waals surface area contributed by atoms with E-state index in [0.717, 1.165) is 42.2 Å². The number of fused-ring (bicyclic) bond motifs is 1. The molecule has 7 heteroatoms. The molecule has 0 saturated carbocycles. The molecule has 0 aliphatic carbocycles. The van der Waals surface area contributed by atoms with Gasteiger partial charge in [0.15, 0.2) is 5.13 Å². The number of aromatic amines is 1. The summed E-state index contributed by atoms with van der Waals surface area (Å²) in [7, 11) is 0. The second-order valence-corrected chi connectivity index (χ2v) is 9.90. The summed E-state index contributed by atoms with van der Waals surface area (Å²) in [5.74, 6) is 1.02. The number of aryl methyl sites for hydroxylation is 3. The topological polar surface area (TPSA) is 79.6 Å². The third kappa shape index (κ3) is 8.05. The van der Waals surface area contributed by atoms with Crippen molar-refractivity contribution in [2.45, 2.75) is 33.1 Å². The van der Waals surface area contributed by atoms with Crippen LogP contribution >= 0.6 is 23.1 Å². The molecule has 0 aliphatic heterocycles. The molecule has 2 heterocycles. The molecular formula is C25H31N5S2. The van der Waals surface area contributed by atoms with Crippen LogP contribution in [0, 0.1) is 13.8 Å². The highest BCUT2D eigenvalue weighted by atomic mass is 32.2. The number of nitrogens with two attached hydrogens (primary N) is 1. The number of benzene rings is 2. The zero-order chi connectivity index (χ0) is 22.8. The van der Waals surface area contributed by atoms with E-state index < -0.39 is 0 Å². The lowest BCUT2D eigenvalue weighted by Crippen LogP contribution is -2.04. The Morgan fingerprint density at radius 3 is 2.62 bits per heavy atom. The van der Waals surface area contributed by atoms with E-state index in [0.29, 0.717) is 5.03 Å². The monoisotopic (exact) mass is 465 g/mol. The molecule has 0 aliphatic rings. The number of hydrogen-bond donors (Lipinski definition) is 3. The molecule has 168 valence electrons. The first kappa shape index (κ1) is 23.9. The molecule has 4 aromatic rings. The summed E-state index contributed by atoms with van der Waals surface area (Å²) in [5.41, 5.74) is 11.6. The molecule has 0 radical (unpaired) electrons. The van der Waals surface area contributed by atoms with Gasteiger partial charge in [-0.3, -0.25) is 0 Å². The first-order valence-corrected chi connectivity index (χ1v) is 12.5. The van der Waals surface area contributed by atoms with Crippen molar-refractivity contribution in [3.8, 4) is 0 Å². The van der Waals surface area contributed by atoms with E-state index in [1.54, 1.807) is 29.4 Å². The molecule has 0 bridgehead atoms. The van der Waals surface area contributed by atoms with Crippen LogP contribution in [0.2, 0.25) is 0 Å². The number of aromatic nitrogens is 3. The van der Waals surface area contributed by atoms with E-state index in [1.807, 2.05) is 6.20 Å². The van der Waals surface area contributed by atoms with Gasteiger partial charge in [-0.1, -0.05) is 53.8 Å². The average molecular weight is 466 g/mol. The molecule has 4 rings (SSSR count). The van der Waals surface area contributed by atoms with Gasteiger partial charge in [0.05, 0.1) is 21.6 Å². The van der Waals surface area contributed by atoms with Gasteiger partial charge in [0.25, 0.3) is 0 Å². The Morgan fingerprint density at radius 1 is 1.12 bits per heavy atom. The van der Waals surface area contributed by atoms with Crippen LogP contribution in [0.25, 0.3) is 10.2 Å². The maximum Gasteiger partial charge on any atom is 0.183 e. The summed E-state index contributed by atoms with van der Waals surface area (Å²) in [5, 5.41) is 5.13. The maximum atomic E-state index is 5.40. The molecule has 32 heavy (non-hydrogen) atoms. The second kappa shape index (κ2) is 12.3. The van der Waals surface area contributed by atoms with Crippen molar-refractivity contribution in [1.29, 1.82) is 0 Å². The summed E-state index contributed by atoms with van der Waals surface area (Å²) >= 11 is 3.33. The van der Waals surface area contributed by atoms with Crippen LogP contribution in [-0.4, -0.2) is 27.2 Å². The van der Waals surface area contributed by atoms with Crippen LogP contribution in [0.5, 0.6) is 0 Å². The predicted molar refractivity (Wildman–Crippen MR) is 140 cm³/mol. The fraction of sp³-hybridized carbons (Fsp3) is 0.280. The van der Waals surface area contributed by atoms with E-state index in [1.165, 1.54) is 27.1 Å². The lowest BCUT2D eigenvalue weighted by Gasteiger charge is -2.03. The number of nitrogens with one attached hydrogen (secondary N) is 2. The summed E-state index contributed by atoms with van der Waals surface area (Å²) < 4.78 is 1.25. The van der Waals surface area contributed by atoms with Crippen LogP contribution in [0.15, 0.2) is 66.6 Å². The standard InChI is InChI=1S/C17H18N2S.C8H13N3S/c1-12-3-6-14(7-4-12)9-10-18-17-19-15-8-5-13(2)11-16(15)20-17;1-7(9)12-4-2-3-8-5-10-6-11-8/h3-8,11H,9-10H2,1-2H3,(H,18,19);5-6H,1-4,9H2,(H,10,11). The predicted octanol–water partition coefficient (Wildman–Crippen LogP) is 6.07. The van der Waals surface area contributed by atoms with Crippen molar-refractivity contribution in [3.63, 3.8) is 0 Å². The van der Waals surface area contributed by atoms with Crippen LogP contribution < -0.4 is 11.1 Å². The summed E-state index contributed by atoms with van der Waals surface area (Å²) in [4.78, 5) is 11.6. The highest BCUT2D eigenvalue weighted by Crippen LogP contribution is 2.26. The highest BCUT2D eigenvalue weighted by molar-refractivity contribution is 8.02. The first-order valence-electron chi connectivity index (χ1n) is 10.7. The smallest absolute Gasteiger partial charge is 0.183 e. The molecule has 2 aromatic carbocycles. The van der Waals surface area contributed by atoms with Crippen molar-refractivity contribution >= 4 is 38.4 Å². The van der Waals surface area contributed by atoms with Gasteiger partial charge in [-0.15, -0.1) is 11.8 Å². The van der Waals surface area contributed by atoms with Gasteiger partial charge in [0.2, 0.25) is 0 Å². The number of rotatable bonds is 9. The summed E-state index contributed by atoms with van der Waals surface area (Å²) in [6.45, 7) is 8.76. The first-order chi connectivity index (χ1) is 15.5. The van der Waals surface area contributed by atoms with Crippen molar-refractivity contribution in [1.82, 2.24) is 15.0 Å². The minimum atomic E-state index is 0.694. The third-order valence-corrected chi connectivity index (χ3v) is 6.63. The number of H-pyrrole nitrogens is 1. The second-order valence-electron chi connectivity index (χ2n) is 7.65. The van der Waals surface area contributed by atoms with Crippen LogP contribution in [-0.2, 0) is 12.8 Å². The van der Waals surface area contributed by atoms with Crippen LogP contribution in [0.1, 0.15) is 28.8 Å². The van der Waals surface area contributed by atoms with Gasteiger partial charge < -0.3 is 16.0 Å². The average Bonchev–Trinajstić information content (AvgIpc) is 3.42. The normalized spacial score (nSPS) is 10.6. The molecule has 0 fully saturated rings. The Kier molecular flexibility index (Phi) is 9.19. The minimum absolute atomic E-state index is 0.694. The lowest BCUT2D eigenvalue weighted by molar-refractivity contribution is 0.903. The van der Waals surface area contributed by atoms with Gasteiger partial charge >= 0.3 is 0 Å². The molecule has 0 saturated heterocycles. The summed E-state index contributed by atoms with van der Waals surface area (Å²) in [6, 6.07) is 15.1. The zero-order valence-corrected chi connectivity index (χ0v) is 20.4. The minimum Gasteiger partial charge on any atom is -0.394 e. The SMILES string of the molecule is C=C(N)SCCCc1cnc[nH]1.Cc1ccc(CCNc2nc3ccc(C)cc3s2)cc1. The number of anilines is 1. The number of thiazole rings is 1. The van der Waals surface area contributed by atoms with E-state index in [-0.39, 0.29) is 0 Å². The summed E-state index contributed by atoms with van der Waals surface area (Å²) in [6.07, 6.45) is 6.70. The molecular weight excluding hydrogens is 434 g/mol. The molecule has 4 N–H and O–H groups in total. The highest BCUT2D eigenvalue weighted by Gasteiger charge is 2.03. The van der Waals surface area contributed by atoms with Gasteiger partial charge in [0.1, 0.15) is 0 Å². The molecule has 0 amide bonds. The van der Waals surface area contributed by atoms with Crippen LogP contribution in [0.3, 0.4) is 0 Å². The largest absolute Gasteiger partial charge is 0.394 e. The van der Waals surface area contributed by atoms with Gasteiger partial charge in [0, 0.05) is 18.4 Å². The van der Waals surface area contributed by atoms with E-state index in [2.05, 4.69) is 83.2 Å². The van der Waals surface area contributed by atoms with E-state index in [9.17, 15) is 0 Å². The molecule has 2 aromatic heterocycles. The van der Waals surface area contributed by atoms with Crippen molar-refractivity contribution in [2.75, 3.05) is 17.6 Å². The van der Waals surface area contributed by atoms with Gasteiger partial charge in [-0.2, -0.15) is 0 Å². The Balaban J connectivity index is 0.000000207. The molecule has 5 nitrogen and oxygen atoms in total. The van der Waals surface area contributed by atoms with Crippen molar-refractivity contribution < 1.29 is 0 Å². The van der Waals surface area contributed by atoms with Crippen molar-refractivity contribution in [3.05, 3.63) is 89.0 Å². The molecule has 0 spiro atoms. The Hall–Kier alpha value is -2.77. The maximum absolute atomic E-state index is 5.40. The Morgan fingerprint density at radius 2 is 1.91 bits per heavy atom. The van der Waals surface area contributed by atoms with E-state index >= 15 is 0 Å². The zero-order valence-electron chi connectivity index (χ0n) is 18.7. The Bertz CT molecular complexity index is 1100. The molecule has 0 unspecified atom stereocenters. The van der Waals surface area contributed by atoms with Crippen LogP contribution in [0.4, 0.5) is 5.13 Å². The fourth-order valence-electron chi connectivity index (χ4n) is 3.06. The lowest BCUT2D eigenvalue weighted by atomic mass is 10.1. The quantitative estimate of drug-likeness (QED) is 0.261. The third-order valence-electron chi connectivity index (χ3n) is 4.79. The number of thioether (sulfide) groups is 1.